The monoisotopic (exact) mass is 423 g/mol. The summed E-state index contributed by atoms with van der Waals surface area (Å²) in [5.41, 5.74) is 8.16. The third-order valence-electron chi connectivity index (χ3n) is 4.57. The maximum Gasteiger partial charge on any atom is 0.262 e. The third-order valence-corrected chi connectivity index (χ3v) is 5.70. The first-order chi connectivity index (χ1) is 13.0. The van der Waals surface area contributed by atoms with Gasteiger partial charge >= 0.3 is 0 Å². The number of hydrogen-bond donors (Lipinski definition) is 2. The van der Waals surface area contributed by atoms with Crippen LogP contribution in [0, 0.1) is 6.92 Å². The highest BCUT2D eigenvalue weighted by Gasteiger charge is 2.27. The van der Waals surface area contributed by atoms with E-state index in [1.54, 1.807) is 0 Å². The molecule has 0 saturated heterocycles. The van der Waals surface area contributed by atoms with E-state index in [9.17, 15) is 9.59 Å². The lowest BCUT2D eigenvalue weighted by molar-refractivity contribution is -0.118. The van der Waals surface area contributed by atoms with Crippen molar-refractivity contribution in [2.45, 2.75) is 33.2 Å². The van der Waals surface area contributed by atoms with E-state index >= 15 is 0 Å². The quantitative estimate of drug-likeness (QED) is 0.715. The highest BCUT2D eigenvalue weighted by atomic mass is 35.5. The Labute approximate surface area is 175 Å². The van der Waals surface area contributed by atoms with Gasteiger partial charge in [-0.25, -0.2) is 0 Å². The van der Waals surface area contributed by atoms with Crippen LogP contribution in [-0.4, -0.2) is 36.4 Å². The Morgan fingerprint density at radius 1 is 1.29 bits per heavy atom. The molecule has 1 aliphatic rings. The molecule has 2 aromatic rings. The average Bonchev–Trinajstić information content (AvgIpc) is 2.98. The fraction of sp³-hybridized carbons (Fsp3) is 0.400. The topological polar surface area (TPSA) is 84.7 Å². The van der Waals surface area contributed by atoms with Crippen LogP contribution < -0.4 is 15.8 Å². The molecule has 8 heteroatoms. The predicted octanol–water partition coefficient (Wildman–Crippen LogP) is 3.36. The molecule has 0 radical (unpaired) electrons. The van der Waals surface area contributed by atoms with Gasteiger partial charge in [0.2, 0.25) is 0 Å². The van der Waals surface area contributed by atoms with Gasteiger partial charge in [0, 0.05) is 18.0 Å². The maximum atomic E-state index is 12.3. The smallest absolute Gasteiger partial charge is 0.262 e. The zero-order valence-corrected chi connectivity index (χ0v) is 17.8. The molecule has 2 heterocycles. The Morgan fingerprint density at radius 3 is 2.64 bits per heavy atom. The molecule has 1 aromatic heterocycles. The number of carbonyl (C=O) groups is 2. The number of ether oxygens (including phenoxy) is 1. The zero-order chi connectivity index (χ0) is 19.4. The van der Waals surface area contributed by atoms with E-state index in [1.165, 1.54) is 11.3 Å². The first-order valence-corrected chi connectivity index (χ1v) is 9.95. The number of anilines is 1. The molecule has 2 amide bonds. The van der Waals surface area contributed by atoms with Gasteiger partial charge in [-0.1, -0.05) is 24.6 Å². The predicted molar refractivity (Wildman–Crippen MR) is 115 cm³/mol. The Bertz CT molecular complexity index is 836. The number of nitrogens with one attached hydrogen (secondary N) is 1. The lowest BCUT2D eigenvalue weighted by Gasteiger charge is -2.26. The molecule has 0 fully saturated rings. The molecule has 1 aliphatic heterocycles. The molecule has 1 aromatic carbocycles. The Balaban J connectivity index is 0.00000280. The van der Waals surface area contributed by atoms with Crippen LogP contribution in [0.2, 0.25) is 0 Å². The average molecular weight is 424 g/mol. The number of halogens is 1. The Kier molecular flexibility index (Phi) is 7.86. The number of nitrogens with two attached hydrogens (primary N) is 1. The van der Waals surface area contributed by atoms with Crippen molar-refractivity contribution in [1.82, 2.24) is 4.90 Å². The van der Waals surface area contributed by atoms with E-state index in [0.29, 0.717) is 16.3 Å². The molecule has 0 bridgehead atoms. The van der Waals surface area contributed by atoms with Crippen LogP contribution in [0.1, 0.15) is 39.7 Å². The summed E-state index contributed by atoms with van der Waals surface area (Å²) in [6.07, 6.45) is 1.86. The molecule has 0 spiro atoms. The Hall–Kier alpha value is -2.09. The molecule has 0 unspecified atom stereocenters. The van der Waals surface area contributed by atoms with Gasteiger partial charge in [-0.3, -0.25) is 14.5 Å². The molecular formula is C20H26ClN3O3S. The first kappa shape index (κ1) is 22.2. The standard InChI is InChI=1S/C20H25N3O3S.ClH/c1-3-9-23-10-8-15-16(11-23)27-20(18(15)19(21)25)22-17(24)12-26-14-6-4-13(2)5-7-14;/h4-7H,3,8-12H2,1-2H3,(H2,21,25)(H,22,24);1H. The number of thiophene rings is 1. The van der Waals surface area contributed by atoms with Crippen LogP contribution in [-0.2, 0) is 17.8 Å². The normalized spacial score (nSPS) is 13.4. The van der Waals surface area contributed by atoms with E-state index in [-0.39, 0.29) is 24.9 Å². The number of rotatable bonds is 7. The molecule has 152 valence electrons. The molecular weight excluding hydrogens is 398 g/mol. The molecule has 6 nitrogen and oxygen atoms in total. The van der Waals surface area contributed by atoms with Gasteiger partial charge < -0.3 is 15.8 Å². The van der Waals surface area contributed by atoms with Crippen molar-refractivity contribution in [1.29, 1.82) is 0 Å². The molecule has 28 heavy (non-hydrogen) atoms. The Morgan fingerprint density at radius 2 is 2.00 bits per heavy atom. The van der Waals surface area contributed by atoms with Crippen LogP contribution in [0.4, 0.5) is 5.00 Å². The van der Waals surface area contributed by atoms with E-state index in [4.69, 9.17) is 10.5 Å². The molecule has 0 atom stereocenters. The van der Waals surface area contributed by atoms with Gasteiger partial charge in [0.05, 0.1) is 5.56 Å². The van der Waals surface area contributed by atoms with E-state index in [1.807, 2.05) is 31.2 Å². The molecule has 3 rings (SSSR count). The van der Waals surface area contributed by atoms with Crippen LogP contribution in [0.5, 0.6) is 5.75 Å². The number of amides is 2. The van der Waals surface area contributed by atoms with Crippen LogP contribution in [0.3, 0.4) is 0 Å². The number of primary amides is 1. The van der Waals surface area contributed by atoms with Crippen molar-refractivity contribution in [3.63, 3.8) is 0 Å². The summed E-state index contributed by atoms with van der Waals surface area (Å²) in [6.45, 7) is 6.74. The molecule has 0 saturated carbocycles. The van der Waals surface area contributed by atoms with Gasteiger partial charge in [0.15, 0.2) is 6.61 Å². The lowest BCUT2D eigenvalue weighted by Crippen LogP contribution is -2.31. The second kappa shape index (κ2) is 9.91. The fourth-order valence-electron chi connectivity index (χ4n) is 3.26. The highest BCUT2D eigenvalue weighted by molar-refractivity contribution is 7.17. The fourth-order valence-corrected chi connectivity index (χ4v) is 4.57. The number of aryl methyl sites for hydroxylation is 1. The van der Waals surface area contributed by atoms with Gasteiger partial charge in [-0.15, -0.1) is 23.7 Å². The van der Waals surface area contributed by atoms with E-state index in [0.717, 1.165) is 48.5 Å². The summed E-state index contributed by atoms with van der Waals surface area (Å²) < 4.78 is 5.51. The van der Waals surface area contributed by atoms with Gasteiger partial charge in [-0.2, -0.15) is 0 Å². The van der Waals surface area contributed by atoms with Crippen molar-refractivity contribution in [3.05, 3.63) is 45.8 Å². The number of benzene rings is 1. The van der Waals surface area contributed by atoms with E-state index < -0.39 is 5.91 Å². The van der Waals surface area contributed by atoms with Crippen molar-refractivity contribution in [2.75, 3.05) is 25.0 Å². The number of carbonyl (C=O) groups excluding carboxylic acids is 2. The van der Waals surface area contributed by atoms with Crippen molar-refractivity contribution in [3.8, 4) is 5.75 Å². The minimum absolute atomic E-state index is 0. The van der Waals surface area contributed by atoms with Crippen molar-refractivity contribution < 1.29 is 14.3 Å². The van der Waals surface area contributed by atoms with Crippen molar-refractivity contribution >= 4 is 40.6 Å². The first-order valence-electron chi connectivity index (χ1n) is 9.14. The second-order valence-electron chi connectivity index (χ2n) is 6.75. The summed E-state index contributed by atoms with van der Waals surface area (Å²) in [5, 5.41) is 3.34. The van der Waals surface area contributed by atoms with E-state index in [2.05, 4.69) is 17.1 Å². The third kappa shape index (κ3) is 5.25. The summed E-state index contributed by atoms with van der Waals surface area (Å²) in [4.78, 5) is 27.8. The summed E-state index contributed by atoms with van der Waals surface area (Å²) in [6, 6.07) is 7.49. The van der Waals surface area contributed by atoms with Gasteiger partial charge in [-0.05, 0) is 44.0 Å². The second-order valence-corrected chi connectivity index (χ2v) is 7.85. The minimum Gasteiger partial charge on any atom is -0.484 e. The van der Waals surface area contributed by atoms with Gasteiger partial charge in [0.25, 0.3) is 11.8 Å². The summed E-state index contributed by atoms with van der Waals surface area (Å²) >= 11 is 1.44. The number of fused-ring (bicyclic) bond motifs is 1. The lowest BCUT2D eigenvalue weighted by atomic mass is 10.0. The summed E-state index contributed by atoms with van der Waals surface area (Å²) in [5.74, 6) is -0.167. The van der Waals surface area contributed by atoms with Crippen LogP contribution in [0.15, 0.2) is 24.3 Å². The number of hydrogen-bond acceptors (Lipinski definition) is 5. The summed E-state index contributed by atoms with van der Waals surface area (Å²) in [7, 11) is 0. The zero-order valence-electron chi connectivity index (χ0n) is 16.1. The van der Waals surface area contributed by atoms with Crippen molar-refractivity contribution in [2.24, 2.45) is 5.73 Å². The number of nitrogens with zero attached hydrogens (tertiary/aromatic N) is 1. The highest BCUT2D eigenvalue weighted by Crippen LogP contribution is 2.36. The molecule has 3 N–H and O–H groups in total. The SMILES string of the molecule is CCCN1CCc2c(sc(NC(=O)COc3ccc(C)cc3)c2C(N)=O)C1.Cl. The van der Waals surface area contributed by atoms with Gasteiger partial charge in [0.1, 0.15) is 10.8 Å². The van der Waals surface area contributed by atoms with Crippen LogP contribution in [0.25, 0.3) is 0 Å². The van der Waals surface area contributed by atoms with Crippen LogP contribution >= 0.6 is 23.7 Å². The molecule has 0 aliphatic carbocycles. The maximum absolute atomic E-state index is 12.3. The minimum atomic E-state index is -0.494. The largest absolute Gasteiger partial charge is 0.484 e.